The Kier molecular flexibility index (Phi) is 2.38. The predicted molar refractivity (Wildman–Crippen MR) is 45.9 cm³/mol. The molecule has 0 radical (unpaired) electrons. The number of nitrogens with zero attached hydrogens (tertiary/aromatic N) is 2. The molecule has 0 aliphatic heterocycles. The standard InChI is InChI=1S/C8H11N3O/c1-6(2)11-5-10-7(4-12)8(11)3-9/h3-6,9H,1-2H3. The molecule has 0 unspecified atom stereocenters. The lowest BCUT2D eigenvalue weighted by Crippen LogP contribution is -2.04. The van der Waals surface area contributed by atoms with Gasteiger partial charge in [-0.2, -0.15) is 0 Å². The van der Waals surface area contributed by atoms with Crippen LogP contribution in [0.15, 0.2) is 6.33 Å². The first-order valence-electron chi connectivity index (χ1n) is 3.73. The lowest BCUT2D eigenvalue weighted by atomic mass is 10.3. The van der Waals surface area contributed by atoms with Gasteiger partial charge in [-0.15, -0.1) is 0 Å². The third-order valence-electron chi connectivity index (χ3n) is 1.67. The molecule has 0 fully saturated rings. The Morgan fingerprint density at radius 1 is 1.67 bits per heavy atom. The van der Waals surface area contributed by atoms with Crippen molar-refractivity contribution in [3.63, 3.8) is 0 Å². The van der Waals surface area contributed by atoms with E-state index < -0.39 is 0 Å². The van der Waals surface area contributed by atoms with Crippen LogP contribution < -0.4 is 0 Å². The Morgan fingerprint density at radius 2 is 2.33 bits per heavy atom. The smallest absolute Gasteiger partial charge is 0.170 e. The second-order valence-corrected chi connectivity index (χ2v) is 2.78. The first-order chi connectivity index (χ1) is 5.70. The predicted octanol–water partition coefficient (Wildman–Crippen LogP) is 1.27. The normalized spacial score (nSPS) is 10.2. The molecular weight excluding hydrogens is 154 g/mol. The summed E-state index contributed by atoms with van der Waals surface area (Å²) in [6.07, 6.45) is 3.39. The van der Waals surface area contributed by atoms with Gasteiger partial charge in [0.2, 0.25) is 0 Å². The van der Waals surface area contributed by atoms with E-state index in [0.717, 1.165) is 6.21 Å². The van der Waals surface area contributed by atoms with E-state index in [1.807, 2.05) is 13.8 Å². The molecule has 12 heavy (non-hydrogen) atoms. The molecule has 0 bridgehead atoms. The number of nitrogens with one attached hydrogen (secondary N) is 1. The minimum Gasteiger partial charge on any atom is -0.327 e. The third-order valence-corrected chi connectivity index (χ3v) is 1.67. The maximum Gasteiger partial charge on any atom is 0.170 e. The van der Waals surface area contributed by atoms with Gasteiger partial charge in [0.15, 0.2) is 6.29 Å². The summed E-state index contributed by atoms with van der Waals surface area (Å²) in [5, 5.41) is 7.09. The number of rotatable bonds is 3. The van der Waals surface area contributed by atoms with Gasteiger partial charge < -0.3 is 9.98 Å². The fourth-order valence-electron chi connectivity index (χ4n) is 1.04. The van der Waals surface area contributed by atoms with Crippen LogP contribution in [-0.2, 0) is 0 Å². The molecule has 4 nitrogen and oxygen atoms in total. The SMILES string of the molecule is CC(C)n1cnc(C=O)c1C=N. The van der Waals surface area contributed by atoms with Crippen molar-refractivity contribution in [2.45, 2.75) is 19.9 Å². The molecule has 1 rings (SSSR count). The third kappa shape index (κ3) is 1.28. The Balaban J connectivity index is 3.22. The first kappa shape index (κ1) is 8.64. The maximum atomic E-state index is 10.4. The number of carbonyl (C=O) groups is 1. The van der Waals surface area contributed by atoms with Crippen LogP contribution >= 0.6 is 0 Å². The van der Waals surface area contributed by atoms with E-state index in [2.05, 4.69) is 4.98 Å². The molecule has 0 spiro atoms. The van der Waals surface area contributed by atoms with Crippen LogP contribution in [0.5, 0.6) is 0 Å². The van der Waals surface area contributed by atoms with Crippen LogP contribution in [0.4, 0.5) is 0 Å². The highest BCUT2D eigenvalue weighted by atomic mass is 16.1. The van der Waals surface area contributed by atoms with Gasteiger partial charge in [-0.1, -0.05) is 0 Å². The van der Waals surface area contributed by atoms with E-state index in [9.17, 15) is 4.79 Å². The number of carbonyl (C=O) groups excluding carboxylic acids is 1. The van der Waals surface area contributed by atoms with E-state index in [-0.39, 0.29) is 6.04 Å². The molecule has 0 saturated heterocycles. The van der Waals surface area contributed by atoms with Crippen molar-refractivity contribution in [1.29, 1.82) is 5.41 Å². The summed E-state index contributed by atoms with van der Waals surface area (Å²) in [4.78, 5) is 14.3. The van der Waals surface area contributed by atoms with Gasteiger partial charge in [0.05, 0.1) is 12.0 Å². The minimum atomic E-state index is 0.225. The quantitative estimate of drug-likeness (QED) is 0.541. The van der Waals surface area contributed by atoms with E-state index in [0.29, 0.717) is 17.7 Å². The van der Waals surface area contributed by atoms with Crippen molar-refractivity contribution < 1.29 is 4.79 Å². The maximum absolute atomic E-state index is 10.4. The zero-order valence-corrected chi connectivity index (χ0v) is 7.11. The molecular formula is C8H11N3O. The lowest BCUT2D eigenvalue weighted by molar-refractivity contribution is 0.111. The van der Waals surface area contributed by atoms with Crippen molar-refractivity contribution in [1.82, 2.24) is 9.55 Å². The number of aromatic nitrogens is 2. The lowest BCUT2D eigenvalue weighted by Gasteiger charge is -2.07. The molecule has 1 heterocycles. The van der Waals surface area contributed by atoms with Crippen LogP contribution in [0.25, 0.3) is 0 Å². The number of aldehydes is 1. The second-order valence-electron chi connectivity index (χ2n) is 2.78. The van der Waals surface area contributed by atoms with Gasteiger partial charge in [0.25, 0.3) is 0 Å². The van der Waals surface area contributed by atoms with Gasteiger partial charge in [0.1, 0.15) is 5.69 Å². The van der Waals surface area contributed by atoms with Crippen molar-refractivity contribution in [3.8, 4) is 0 Å². The summed E-state index contributed by atoms with van der Waals surface area (Å²) >= 11 is 0. The number of hydrogen-bond donors (Lipinski definition) is 1. The van der Waals surface area contributed by atoms with Crippen molar-refractivity contribution in [2.24, 2.45) is 0 Å². The fourth-order valence-corrected chi connectivity index (χ4v) is 1.04. The monoisotopic (exact) mass is 165 g/mol. The van der Waals surface area contributed by atoms with Crippen LogP contribution in [0.3, 0.4) is 0 Å². The molecule has 64 valence electrons. The second kappa shape index (κ2) is 3.30. The molecule has 0 aromatic carbocycles. The Hall–Kier alpha value is -1.45. The van der Waals surface area contributed by atoms with Gasteiger partial charge in [0, 0.05) is 12.3 Å². The highest BCUT2D eigenvalue weighted by molar-refractivity contribution is 5.87. The Bertz CT molecular complexity index is 301. The molecule has 0 aliphatic rings. The molecule has 0 amide bonds. The highest BCUT2D eigenvalue weighted by Crippen LogP contribution is 2.09. The van der Waals surface area contributed by atoms with E-state index in [4.69, 9.17) is 5.41 Å². The molecule has 1 N–H and O–H groups in total. The molecule has 0 atom stereocenters. The highest BCUT2D eigenvalue weighted by Gasteiger charge is 2.09. The van der Waals surface area contributed by atoms with Crippen LogP contribution in [0, 0.1) is 5.41 Å². The van der Waals surface area contributed by atoms with Gasteiger partial charge in [-0.05, 0) is 13.8 Å². The van der Waals surface area contributed by atoms with Crippen molar-refractivity contribution >= 4 is 12.5 Å². The van der Waals surface area contributed by atoms with E-state index >= 15 is 0 Å². The van der Waals surface area contributed by atoms with Gasteiger partial charge in [-0.25, -0.2) is 4.98 Å². The summed E-state index contributed by atoms with van der Waals surface area (Å²) in [5.74, 6) is 0. The Labute approximate surface area is 70.7 Å². The minimum absolute atomic E-state index is 0.225. The zero-order valence-electron chi connectivity index (χ0n) is 7.11. The van der Waals surface area contributed by atoms with Crippen LogP contribution in [-0.4, -0.2) is 22.1 Å². The molecule has 0 aliphatic carbocycles. The molecule has 1 aromatic rings. The van der Waals surface area contributed by atoms with Crippen LogP contribution in [0.2, 0.25) is 0 Å². The summed E-state index contributed by atoms with van der Waals surface area (Å²) in [6, 6.07) is 0.225. The van der Waals surface area contributed by atoms with Gasteiger partial charge >= 0.3 is 0 Å². The average molecular weight is 165 g/mol. The van der Waals surface area contributed by atoms with Crippen molar-refractivity contribution in [3.05, 3.63) is 17.7 Å². The first-order valence-corrected chi connectivity index (χ1v) is 3.73. The molecule has 4 heteroatoms. The molecule has 1 aromatic heterocycles. The van der Waals surface area contributed by atoms with Crippen LogP contribution in [0.1, 0.15) is 36.1 Å². The average Bonchev–Trinajstić information content (AvgIpc) is 2.46. The summed E-state index contributed by atoms with van der Waals surface area (Å²) in [5.41, 5.74) is 0.902. The largest absolute Gasteiger partial charge is 0.327 e. The van der Waals surface area contributed by atoms with Gasteiger partial charge in [-0.3, -0.25) is 4.79 Å². The summed E-state index contributed by atoms with van der Waals surface area (Å²) in [7, 11) is 0. The zero-order chi connectivity index (χ0) is 9.14. The number of hydrogen-bond acceptors (Lipinski definition) is 3. The Morgan fingerprint density at radius 3 is 2.75 bits per heavy atom. The van der Waals surface area contributed by atoms with Crippen molar-refractivity contribution in [2.75, 3.05) is 0 Å². The summed E-state index contributed by atoms with van der Waals surface area (Å²) < 4.78 is 1.79. The van der Waals surface area contributed by atoms with E-state index in [1.165, 1.54) is 0 Å². The summed E-state index contributed by atoms with van der Waals surface area (Å²) in [6.45, 7) is 3.95. The van der Waals surface area contributed by atoms with E-state index in [1.54, 1.807) is 10.9 Å². The number of imidazole rings is 1. The molecule has 0 saturated carbocycles. The fraction of sp³-hybridized carbons (Fsp3) is 0.375. The topological polar surface area (TPSA) is 58.7 Å².